The van der Waals surface area contributed by atoms with Crippen LogP contribution >= 0.6 is 0 Å². The number of hydrogen-bond acceptors (Lipinski definition) is 4. The first-order valence-corrected chi connectivity index (χ1v) is 11.2. The van der Waals surface area contributed by atoms with Crippen LogP contribution in [-0.4, -0.2) is 90.1 Å². The molecule has 0 bridgehead atoms. The van der Waals surface area contributed by atoms with Crippen molar-refractivity contribution in [2.45, 2.75) is 84.9 Å². The molecular formula is C21H13F23O4. The fourth-order valence-corrected chi connectivity index (χ4v) is 3.04. The minimum absolute atomic E-state index is 0.0242. The number of ether oxygens (including phenoxy) is 2. The number of carbonyl (C=O) groups excluding carboxylic acids is 2. The summed E-state index contributed by atoms with van der Waals surface area (Å²) in [5, 5.41) is 0. The Kier molecular flexibility index (Phi) is 11.8. The molecule has 0 fully saturated rings. The van der Waals surface area contributed by atoms with Crippen LogP contribution in [0.4, 0.5) is 101 Å². The molecule has 0 N–H and O–H groups in total. The third-order valence-corrected chi connectivity index (χ3v) is 5.73. The summed E-state index contributed by atoms with van der Waals surface area (Å²) in [5.41, 5.74) is -10.2. The van der Waals surface area contributed by atoms with Gasteiger partial charge in [0.1, 0.15) is 12.7 Å². The SMILES string of the molecule is C=CC(=O)OC(COC(=O)C(=C)C)CC(F)(F)C(F)(F)C(F)(F)C(F)(F)C(F)(F)C(F)(F)C(F)(F)C(F)(C(F)(F)F)C(F)(F)C(F)(F)F. The first-order valence-electron chi connectivity index (χ1n) is 11.2. The van der Waals surface area contributed by atoms with Crippen LogP contribution < -0.4 is 0 Å². The molecule has 0 aromatic rings. The van der Waals surface area contributed by atoms with Gasteiger partial charge in [-0.25, -0.2) is 14.0 Å². The van der Waals surface area contributed by atoms with E-state index in [2.05, 4.69) is 22.6 Å². The smallest absolute Gasteiger partial charge is 0.457 e. The van der Waals surface area contributed by atoms with Gasteiger partial charge in [-0.1, -0.05) is 13.2 Å². The van der Waals surface area contributed by atoms with E-state index in [4.69, 9.17) is 0 Å². The second-order valence-electron chi connectivity index (χ2n) is 9.23. The van der Waals surface area contributed by atoms with Crippen LogP contribution in [0.5, 0.6) is 0 Å². The van der Waals surface area contributed by atoms with Crippen molar-refractivity contribution in [3.8, 4) is 0 Å². The molecule has 0 heterocycles. The zero-order valence-electron chi connectivity index (χ0n) is 22.3. The Morgan fingerprint density at radius 1 is 0.583 bits per heavy atom. The van der Waals surface area contributed by atoms with Crippen molar-refractivity contribution in [3.63, 3.8) is 0 Å². The molecule has 282 valence electrons. The van der Waals surface area contributed by atoms with Crippen molar-refractivity contribution in [3.05, 3.63) is 24.8 Å². The first kappa shape index (κ1) is 44.8. The molecule has 0 rings (SSSR count). The summed E-state index contributed by atoms with van der Waals surface area (Å²) in [4.78, 5) is 22.6. The zero-order valence-corrected chi connectivity index (χ0v) is 22.3. The van der Waals surface area contributed by atoms with Gasteiger partial charge in [-0.05, 0) is 6.92 Å². The van der Waals surface area contributed by atoms with Crippen molar-refractivity contribution >= 4 is 11.9 Å². The van der Waals surface area contributed by atoms with Crippen molar-refractivity contribution in [1.29, 1.82) is 0 Å². The van der Waals surface area contributed by atoms with Gasteiger partial charge in [0.05, 0.1) is 6.42 Å². The van der Waals surface area contributed by atoms with E-state index in [-0.39, 0.29) is 6.08 Å². The molecule has 0 aromatic carbocycles. The fraction of sp³-hybridized carbons (Fsp3) is 0.714. The standard InChI is InChI=1S/C21H13F23O4/c1-4-9(45)48-8(6-47-10(46)7(2)3)5-11(22,23)13(25,26)16(31,32)18(35,36)19(37,38)17(33,34)14(27,28)12(24,20(39,40)41)15(29,30)21(42,43)44/h4,8H,1-2,5-6H2,3H3. The second kappa shape index (κ2) is 12.6. The van der Waals surface area contributed by atoms with Gasteiger partial charge in [0.15, 0.2) is 0 Å². The highest BCUT2D eigenvalue weighted by Gasteiger charge is 3.00. The molecule has 48 heavy (non-hydrogen) atoms. The van der Waals surface area contributed by atoms with Crippen molar-refractivity contribution < 1.29 is 120 Å². The van der Waals surface area contributed by atoms with Gasteiger partial charge in [-0.2, -0.15) is 96.6 Å². The molecule has 2 unspecified atom stereocenters. The topological polar surface area (TPSA) is 52.6 Å². The maximum atomic E-state index is 14.3. The third kappa shape index (κ3) is 6.56. The van der Waals surface area contributed by atoms with Gasteiger partial charge in [-0.15, -0.1) is 0 Å². The van der Waals surface area contributed by atoms with Gasteiger partial charge in [0.25, 0.3) is 0 Å². The van der Waals surface area contributed by atoms with Crippen LogP contribution in [0.1, 0.15) is 13.3 Å². The third-order valence-electron chi connectivity index (χ3n) is 5.73. The monoisotopic (exact) mass is 766 g/mol. The van der Waals surface area contributed by atoms with Crippen LogP contribution in [0.25, 0.3) is 0 Å². The lowest BCUT2D eigenvalue weighted by Crippen LogP contribution is -2.80. The molecule has 0 saturated carbocycles. The number of halogens is 23. The van der Waals surface area contributed by atoms with Crippen LogP contribution in [-0.2, 0) is 19.1 Å². The van der Waals surface area contributed by atoms with Crippen molar-refractivity contribution in [1.82, 2.24) is 0 Å². The minimum Gasteiger partial charge on any atom is -0.458 e. The summed E-state index contributed by atoms with van der Waals surface area (Å²) in [5.74, 6) is -75.7. The summed E-state index contributed by atoms with van der Waals surface area (Å²) in [6, 6.07) is 0. The fourth-order valence-electron chi connectivity index (χ4n) is 3.04. The van der Waals surface area contributed by atoms with Gasteiger partial charge in [0.2, 0.25) is 0 Å². The van der Waals surface area contributed by atoms with Crippen LogP contribution in [0.15, 0.2) is 24.8 Å². The summed E-state index contributed by atoms with van der Waals surface area (Å²) < 4.78 is 321. The van der Waals surface area contributed by atoms with Crippen molar-refractivity contribution in [2.24, 2.45) is 0 Å². The summed E-state index contributed by atoms with van der Waals surface area (Å²) in [6.07, 6.45) is -24.0. The summed E-state index contributed by atoms with van der Waals surface area (Å²) >= 11 is 0. The molecule has 4 nitrogen and oxygen atoms in total. The predicted octanol–water partition coefficient (Wildman–Crippen LogP) is 8.51. The number of rotatable bonds is 15. The van der Waals surface area contributed by atoms with E-state index in [0.717, 1.165) is 6.92 Å². The molecule has 2 atom stereocenters. The average molecular weight is 766 g/mol. The molecule has 0 aromatic heterocycles. The Hall–Kier alpha value is -3.19. The Balaban J connectivity index is 7.33. The normalized spacial score (nSPS) is 16.9. The lowest BCUT2D eigenvalue weighted by molar-refractivity contribution is -0.483. The Morgan fingerprint density at radius 2 is 0.938 bits per heavy atom. The Morgan fingerprint density at radius 3 is 1.25 bits per heavy atom. The summed E-state index contributed by atoms with van der Waals surface area (Å²) in [6.45, 7) is 4.33. The highest BCUT2D eigenvalue weighted by Crippen LogP contribution is 2.68. The molecule has 0 aliphatic heterocycles. The lowest BCUT2D eigenvalue weighted by atomic mass is 9.80. The highest BCUT2D eigenvalue weighted by molar-refractivity contribution is 5.87. The van der Waals surface area contributed by atoms with Crippen LogP contribution in [0, 0.1) is 0 Å². The van der Waals surface area contributed by atoms with E-state index < -0.39 is 102 Å². The van der Waals surface area contributed by atoms with Crippen LogP contribution in [0.2, 0.25) is 0 Å². The molecule has 0 radical (unpaired) electrons. The van der Waals surface area contributed by atoms with Gasteiger partial charge < -0.3 is 9.47 Å². The van der Waals surface area contributed by atoms with Crippen LogP contribution in [0.3, 0.4) is 0 Å². The number of hydrogen-bond donors (Lipinski definition) is 0. The Bertz CT molecular complexity index is 1230. The quantitative estimate of drug-likeness (QED) is 0.0954. The first-order chi connectivity index (χ1) is 20.7. The van der Waals surface area contributed by atoms with E-state index >= 15 is 0 Å². The van der Waals surface area contributed by atoms with E-state index in [9.17, 15) is 111 Å². The average Bonchev–Trinajstić information content (AvgIpc) is 2.88. The number of carbonyl (C=O) groups is 2. The zero-order chi connectivity index (χ0) is 39.3. The molecule has 0 saturated heterocycles. The van der Waals surface area contributed by atoms with E-state index in [1.165, 1.54) is 0 Å². The molecule has 0 aliphatic carbocycles. The van der Waals surface area contributed by atoms with E-state index in [1.807, 2.05) is 0 Å². The lowest BCUT2D eigenvalue weighted by Gasteiger charge is -2.47. The molecule has 27 heteroatoms. The highest BCUT2D eigenvalue weighted by atomic mass is 19.4. The molecule has 0 aliphatic rings. The number of esters is 2. The van der Waals surface area contributed by atoms with Gasteiger partial charge in [-0.3, -0.25) is 0 Å². The van der Waals surface area contributed by atoms with Gasteiger partial charge in [0, 0.05) is 11.6 Å². The molecule has 0 amide bonds. The number of alkyl halides is 23. The van der Waals surface area contributed by atoms with Gasteiger partial charge >= 0.3 is 77.3 Å². The van der Waals surface area contributed by atoms with E-state index in [0.29, 0.717) is 0 Å². The predicted molar refractivity (Wildman–Crippen MR) is 106 cm³/mol. The maximum Gasteiger partial charge on any atom is 0.457 e. The largest absolute Gasteiger partial charge is 0.458 e. The maximum absolute atomic E-state index is 14.3. The molecular weight excluding hydrogens is 753 g/mol. The minimum atomic E-state index is -9.70. The van der Waals surface area contributed by atoms with E-state index in [1.54, 1.807) is 0 Å². The Labute approximate surface area is 249 Å². The summed E-state index contributed by atoms with van der Waals surface area (Å²) in [7, 11) is 0. The molecule has 0 spiro atoms. The second-order valence-corrected chi connectivity index (χ2v) is 9.23. The van der Waals surface area contributed by atoms with Crippen molar-refractivity contribution in [2.75, 3.05) is 6.61 Å².